The molecule has 102 valence electrons. The number of nitrogens with zero attached hydrogens (tertiary/aromatic N) is 2. The van der Waals surface area contributed by atoms with Crippen molar-refractivity contribution < 1.29 is 0 Å². The topological polar surface area (TPSA) is 29.9 Å². The summed E-state index contributed by atoms with van der Waals surface area (Å²) in [4.78, 5) is 0. The summed E-state index contributed by atoms with van der Waals surface area (Å²) in [6.45, 7) is 4.50. The lowest BCUT2D eigenvalue weighted by Crippen LogP contribution is -2.36. The van der Waals surface area contributed by atoms with E-state index in [0.29, 0.717) is 5.41 Å². The van der Waals surface area contributed by atoms with Crippen LogP contribution in [-0.4, -0.2) is 22.9 Å². The van der Waals surface area contributed by atoms with E-state index in [2.05, 4.69) is 23.5 Å². The van der Waals surface area contributed by atoms with Gasteiger partial charge in [-0.1, -0.05) is 26.2 Å². The van der Waals surface area contributed by atoms with Crippen LogP contribution in [0.4, 0.5) is 0 Å². The van der Waals surface area contributed by atoms with Crippen LogP contribution in [0.2, 0.25) is 0 Å². The van der Waals surface area contributed by atoms with Gasteiger partial charge in [0.15, 0.2) is 0 Å². The summed E-state index contributed by atoms with van der Waals surface area (Å²) < 4.78 is 1.91. The highest BCUT2D eigenvalue weighted by Gasteiger charge is 2.31. The molecule has 0 bridgehead atoms. The van der Waals surface area contributed by atoms with Crippen molar-refractivity contribution in [3.63, 3.8) is 0 Å². The normalized spacial score (nSPS) is 19.0. The molecule has 3 heteroatoms. The first kappa shape index (κ1) is 13.6. The molecule has 0 radical (unpaired) electrons. The predicted molar refractivity (Wildman–Crippen MR) is 75.6 cm³/mol. The lowest BCUT2D eigenvalue weighted by Gasteiger charge is -2.37. The Bertz CT molecular complexity index is 350. The summed E-state index contributed by atoms with van der Waals surface area (Å²) in [5.74, 6) is 0. The molecule has 0 saturated heterocycles. The van der Waals surface area contributed by atoms with Gasteiger partial charge in [0.2, 0.25) is 0 Å². The van der Waals surface area contributed by atoms with Gasteiger partial charge in [-0.15, -0.1) is 0 Å². The van der Waals surface area contributed by atoms with Crippen molar-refractivity contribution in [2.45, 2.75) is 51.9 Å². The zero-order chi connectivity index (χ0) is 12.8. The molecule has 0 aromatic carbocycles. The number of hydrogen-bond acceptors (Lipinski definition) is 2. The van der Waals surface area contributed by atoms with Crippen molar-refractivity contribution in [2.75, 3.05) is 13.1 Å². The number of nitrogens with one attached hydrogen (secondary N) is 1. The molecule has 18 heavy (non-hydrogen) atoms. The minimum atomic E-state index is 0.546. The summed E-state index contributed by atoms with van der Waals surface area (Å²) in [7, 11) is 2.00. The largest absolute Gasteiger partial charge is 0.316 e. The molecule has 1 aliphatic carbocycles. The van der Waals surface area contributed by atoms with Gasteiger partial charge in [0.05, 0.1) is 6.20 Å². The van der Waals surface area contributed by atoms with Crippen LogP contribution in [0.3, 0.4) is 0 Å². The van der Waals surface area contributed by atoms with Crippen LogP contribution in [0.15, 0.2) is 12.4 Å². The zero-order valence-corrected chi connectivity index (χ0v) is 11.9. The van der Waals surface area contributed by atoms with Crippen LogP contribution in [0.25, 0.3) is 0 Å². The highest BCUT2D eigenvalue weighted by atomic mass is 15.2. The van der Waals surface area contributed by atoms with E-state index in [9.17, 15) is 0 Å². The number of aryl methyl sites for hydroxylation is 2. The number of rotatable bonds is 6. The van der Waals surface area contributed by atoms with Gasteiger partial charge in [0, 0.05) is 19.8 Å². The molecule has 1 fully saturated rings. The molecule has 3 nitrogen and oxygen atoms in total. The summed E-state index contributed by atoms with van der Waals surface area (Å²) in [5, 5.41) is 7.85. The molecule has 1 aliphatic rings. The van der Waals surface area contributed by atoms with Crippen LogP contribution in [0.5, 0.6) is 0 Å². The number of hydrogen-bond donors (Lipinski definition) is 1. The van der Waals surface area contributed by atoms with Gasteiger partial charge in [-0.2, -0.15) is 5.10 Å². The SMILES string of the molecule is CCNCC1(CCc2cnn(C)c2)CCCCC1. The third kappa shape index (κ3) is 3.58. The van der Waals surface area contributed by atoms with Gasteiger partial charge in [0.25, 0.3) is 0 Å². The molecule has 2 rings (SSSR count). The Kier molecular flexibility index (Phi) is 4.81. The molecule has 0 unspecified atom stereocenters. The Morgan fingerprint density at radius 2 is 2.11 bits per heavy atom. The van der Waals surface area contributed by atoms with E-state index in [1.165, 1.54) is 57.1 Å². The van der Waals surface area contributed by atoms with Crippen molar-refractivity contribution in [1.82, 2.24) is 15.1 Å². The molecule has 0 amide bonds. The van der Waals surface area contributed by atoms with E-state index in [1.54, 1.807) is 0 Å². The first-order valence-electron chi connectivity index (χ1n) is 7.42. The smallest absolute Gasteiger partial charge is 0.0521 e. The molecule has 1 saturated carbocycles. The average molecular weight is 249 g/mol. The molecule has 0 atom stereocenters. The van der Waals surface area contributed by atoms with E-state index in [0.717, 1.165) is 6.54 Å². The van der Waals surface area contributed by atoms with Crippen LogP contribution < -0.4 is 5.32 Å². The summed E-state index contributed by atoms with van der Waals surface area (Å²) in [6.07, 6.45) is 13.7. The van der Waals surface area contributed by atoms with Gasteiger partial charge in [-0.25, -0.2) is 0 Å². The van der Waals surface area contributed by atoms with Crippen LogP contribution in [0, 0.1) is 5.41 Å². The van der Waals surface area contributed by atoms with E-state index in [1.807, 2.05) is 17.9 Å². The Hall–Kier alpha value is -0.830. The maximum Gasteiger partial charge on any atom is 0.0521 e. The maximum absolute atomic E-state index is 4.27. The van der Waals surface area contributed by atoms with Crippen LogP contribution in [0.1, 0.15) is 51.0 Å². The molecule has 1 heterocycles. The summed E-state index contributed by atoms with van der Waals surface area (Å²) in [5.41, 5.74) is 1.93. The third-order valence-electron chi connectivity index (χ3n) is 4.37. The fourth-order valence-electron chi connectivity index (χ4n) is 3.22. The van der Waals surface area contributed by atoms with Gasteiger partial charge in [0.1, 0.15) is 0 Å². The Labute approximate surface area is 111 Å². The molecule has 1 aromatic rings. The van der Waals surface area contributed by atoms with Crippen molar-refractivity contribution >= 4 is 0 Å². The molecule has 1 aromatic heterocycles. The van der Waals surface area contributed by atoms with Crippen molar-refractivity contribution in [3.8, 4) is 0 Å². The standard InChI is InChI=1S/C15H27N3/c1-3-16-13-15(8-5-4-6-9-15)10-7-14-11-17-18(2)12-14/h11-12,16H,3-10,13H2,1-2H3. The van der Waals surface area contributed by atoms with Crippen molar-refractivity contribution in [2.24, 2.45) is 12.5 Å². The third-order valence-corrected chi connectivity index (χ3v) is 4.37. The minimum Gasteiger partial charge on any atom is -0.316 e. The first-order chi connectivity index (χ1) is 8.74. The van der Waals surface area contributed by atoms with Gasteiger partial charge in [-0.3, -0.25) is 4.68 Å². The Balaban J connectivity index is 1.91. The molecule has 0 aliphatic heterocycles. The van der Waals surface area contributed by atoms with E-state index in [-0.39, 0.29) is 0 Å². The monoisotopic (exact) mass is 249 g/mol. The van der Waals surface area contributed by atoms with Crippen LogP contribution >= 0.6 is 0 Å². The van der Waals surface area contributed by atoms with Gasteiger partial charge < -0.3 is 5.32 Å². The van der Waals surface area contributed by atoms with Crippen LogP contribution in [-0.2, 0) is 13.5 Å². The van der Waals surface area contributed by atoms with E-state index < -0.39 is 0 Å². The second kappa shape index (κ2) is 6.37. The molecular formula is C15H27N3. The Morgan fingerprint density at radius 1 is 1.33 bits per heavy atom. The fourth-order valence-corrected chi connectivity index (χ4v) is 3.22. The van der Waals surface area contributed by atoms with Gasteiger partial charge in [-0.05, 0) is 43.2 Å². The highest BCUT2D eigenvalue weighted by Crippen LogP contribution is 2.39. The lowest BCUT2D eigenvalue weighted by molar-refractivity contribution is 0.168. The Morgan fingerprint density at radius 3 is 2.72 bits per heavy atom. The van der Waals surface area contributed by atoms with E-state index >= 15 is 0 Å². The van der Waals surface area contributed by atoms with Crippen molar-refractivity contribution in [1.29, 1.82) is 0 Å². The number of aromatic nitrogens is 2. The molecule has 1 N–H and O–H groups in total. The summed E-state index contributed by atoms with van der Waals surface area (Å²) in [6, 6.07) is 0. The maximum atomic E-state index is 4.27. The quantitative estimate of drug-likeness (QED) is 0.840. The van der Waals surface area contributed by atoms with Crippen molar-refractivity contribution in [3.05, 3.63) is 18.0 Å². The zero-order valence-electron chi connectivity index (χ0n) is 11.9. The average Bonchev–Trinajstić information content (AvgIpc) is 2.81. The second-order valence-corrected chi connectivity index (χ2v) is 5.86. The predicted octanol–water partition coefficient (Wildman–Crippen LogP) is 2.91. The second-order valence-electron chi connectivity index (χ2n) is 5.86. The first-order valence-corrected chi connectivity index (χ1v) is 7.42. The lowest BCUT2D eigenvalue weighted by atomic mass is 9.70. The van der Waals surface area contributed by atoms with E-state index in [4.69, 9.17) is 0 Å². The molecular weight excluding hydrogens is 222 g/mol. The highest BCUT2D eigenvalue weighted by molar-refractivity contribution is 5.05. The fraction of sp³-hybridized carbons (Fsp3) is 0.800. The van der Waals surface area contributed by atoms with Gasteiger partial charge >= 0.3 is 0 Å². The molecule has 0 spiro atoms. The summed E-state index contributed by atoms with van der Waals surface area (Å²) >= 11 is 0. The minimum absolute atomic E-state index is 0.546.